The molecule has 158 valence electrons. The van der Waals surface area contributed by atoms with E-state index in [1.54, 1.807) is 18.2 Å². The van der Waals surface area contributed by atoms with Crippen LogP contribution in [0.2, 0.25) is 0 Å². The minimum atomic E-state index is -0.558. The van der Waals surface area contributed by atoms with Crippen molar-refractivity contribution >= 4 is 33.7 Å². The van der Waals surface area contributed by atoms with Crippen molar-refractivity contribution in [2.45, 2.75) is 45.1 Å². The number of amides is 1. The van der Waals surface area contributed by atoms with Crippen molar-refractivity contribution in [2.24, 2.45) is 0 Å². The van der Waals surface area contributed by atoms with Gasteiger partial charge in [0.05, 0.1) is 10.9 Å². The maximum absolute atomic E-state index is 12.8. The van der Waals surface area contributed by atoms with Gasteiger partial charge in [0.1, 0.15) is 11.2 Å². The number of pyridine rings is 1. The molecular formula is C22H21N5O4. The highest BCUT2D eigenvalue weighted by Gasteiger charge is 2.28. The molecular weight excluding hydrogens is 398 g/mol. The predicted octanol–water partition coefficient (Wildman–Crippen LogP) is 3.11. The zero-order chi connectivity index (χ0) is 21.9. The molecule has 1 fully saturated rings. The fourth-order valence-corrected chi connectivity index (χ4v) is 3.46. The van der Waals surface area contributed by atoms with Crippen LogP contribution in [0, 0.1) is 0 Å². The molecule has 9 nitrogen and oxygen atoms in total. The number of rotatable bonds is 3. The van der Waals surface area contributed by atoms with Crippen LogP contribution in [0.25, 0.3) is 22.1 Å². The van der Waals surface area contributed by atoms with Gasteiger partial charge in [-0.1, -0.05) is 20.8 Å². The van der Waals surface area contributed by atoms with Gasteiger partial charge in [-0.05, 0) is 37.1 Å². The summed E-state index contributed by atoms with van der Waals surface area (Å²) in [6.07, 6.45) is 3.11. The van der Waals surface area contributed by atoms with Crippen LogP contribution >= 0.6 is 0 Å². The smallest absolute Gasteiger partial charge is 0.330 e. The van der Waals surface area contributed by atoms with Gasteiger partial charge in [-0.2, -0.15) is 0 Å². The zero-order valence-electron chi connectivity index (χ0n) is 17.4. The van der Waals surface area contributed by atoms with Crippen LogP contribution in [0.5, 0.6) is 0 Å². The number of H-pyrrole nitrogens is 1. The van der Waals surface area contributed by atoms with Gasteiger partial charge < -0.3 is 9.73 Å². The Bertz CT molecular complexity index is 1470. The maximum atomic E-state index is 12.8. The monoisotopic (exact) mass is 419 g/mol. The predicted molar refractivity (Wildman–Crippen MR) is 116 cm³/mol. The van der Waals surface area contributed by atoms with Gasteiger partial charge >= 0.3 is 5.69 Å². The van der Waals surface area contributed by atoms with Gasteiger partial charge in [0.15, 0.2) is 5.58 Å². The van der Waals surface area contributed by atoms with E-state index in [-0.39, 0.29) is 22.4 Å². The van der Waals surface area contributed by atoms with Gasteiger partial charge in [0, 0.05) is 23.3 Å². The van der Waals surface area contributed by atoms with E-state index in [0.717, 1.165) is 12.8 Å². The lowest BCUT2D eigenvalue weighted by Crippen LogP contribution is -2.30. The molecule has 1 saturated carbocycles. The van der Waals surface area contributed by atoms with E-state index < -0.39 is 17.2 Å². The van der Waals surface area contributed by atoms with E-state index in [2.05, 4.69) is 20.3 Å². The number of aromatic amines is 1. The molecule has 3 aromatic heterocycles. The minimum Gasteiger partial charge on any atom is -0.440 e. The van der Waals surface area contributed by atoms with Gasteiger partial charge in [-0.15, -0.1) is 0 Å². The third-order valence-electron chi connectivity index (χ3n) is 5.24. The lowest BCUT2D eigenvalue weighted by molar-refractivity contribution is 0.102. The van der Waals surface area contributed by atoms with Crippen LogP contribution < -0.4 is 16.6 Å². The Morgan fingerprint density at radius 3 is 2.71 bits per heavy atom. The molecule has 0 saturated heterocycles. The lowest BCUT2D eigenvalue weighted by Gasteiger charge is -2.11. The number of carbonyl (C=O) groups is 1. The Kier molecular flexibility index (Phi) is 4.11. The third-order valence-corrected chi connectivity index (χ3v) is 5.24. The van der Waals surface area contributed by atoms with Gasteiger partial charge in [-0.25, -0.2) is 14.8 Å². The molecule has 1 aliphatic rings. The van der Waals surface area contributed by atoms with E-state index in [9.17, 15) is 14.4 Å². The molecule has 1 amide bonds. The molecule has 0 spiro atoms. The van der Waals surface area contributed by atoms with Gasteiger partial charge in [0.25, 0.3) is 11.5 Å². The fraction of sp³-hybridized carbons (Fsp3) is 0.318. The Balaban J connectivity index is 1.47. The van der Waals surface area contributed by atoms with E-state index in [4.69, 9.17) is 4.42 Å². The van der Waals surface area contributed by atoms with Crippen molar-refractivity contribution < 1.29 is 9.21 Å². The molecule has 9 heteroatoms. The Morgan fingerprint density at radius 2 is 2.00 bits per heavy atom. The number of nitrogens with one attached hydrogen (secondary N) is 2. The van der Waals surface area contributed by atoms with E-state index in [0.29, 0.717) is 28.3 Å². The Morgan fingerprint density at radius 1 is 1.23 bits per heavy atom. The topological polar surface area (TPSA) is 123 Å². The highest BCUT2D eigenvalue weighted by atomic mass is 16.3. The number of aromatic nitrogens is 4. The van der Waals surface area contributed by atoms with Crippen LogP contribution in [0.1, 0.15) is 55.9 Å². The number of fused-ring (bicyclic) bond motifs is 2. The molecule has 31 heavy (non-hydrogen) atoms. The summed E-state index contributed by atoms with van der Waals surface area (Å²) < 4.78 is 7.27. The zero-order valence-corrected chi connectivity index (χ0v) is 17.4. The average Bonchev–Trinajstić information content (AvgIpc) is 3.44. The Labute approximate surface area is 176 Å². The van der Waals surface area contributed by atoms with Crippen LogP contribution in [0.15, 0.2) is 44.5 Å². The number of benzene rings is 1. The number of nitrogens with zero attached hydrogens (tertiary/aromatic N) is 3. The van der Waals surface area contributed by atoms with Crippen LogP contribution in [0.3, 0.4) is 0 Å². The first kappa shape index (κ1) is 19.2. The van der Waals surface area contributed by atoms with Crippen molar-refractivity contribution in [1.82, 2.24) is 19.5 Å². The van der Waals surface area contributed by atoms with Crippen molar-refractivity contribution in [3.63, 3.8) is 0 Å². The summed E-state index contributed by atoms with van der Waals surface area (Å²) in [5.74, 6) is 0.197. The van der Waals surface area contributed by atoms with Crippen LogP contribution in [-0.4, -0.2) is 25.4 Å². The quantitative estimate of drug-likeness (QED) is 0.526. The van der Waals surface area contributed by atoms with Crippen LogP contribution in [-0.2, 0) is 5.41 Å². The molecule has 5 rings (SSSR count). The van der Waals surface area contributed by atoms with Crippen molar-refractivity contribution in [3.8, 4) is 0 Å². The normalized spacial score (nSPS) is 14.3. The first-order valence-electron chi connectivity index (χ1n) is 10.1. The fourth-order valence-electron chi connectivity index (χ4n) is 3.46. The SMILES string of the molecule is CC(C)(C)c1nc2cc(NC(=O)c3cnc4c(c3)c(=O)[nH]c(=O)n4C3CC3)ccc2o1. The second-order valence-corrected chi connectivity index (χ2v) is 8.86. The molecule has 3 heterocycles. The molecule has 1 aromatic carbocycles. The van der Waals surface area contributed by atoms with Crippen LogP contribution in [0.4, 0.5) is 5.69 Å². The minimum absolute atomic E-state index is 0.0474. The number of hydrogen-bond acceptors (Lipinski definition) is 6. The summed E-state index contributed by atoms with van der Waals surface area (Å²) in [5.41, 5.74) is 1.08. The second kappa shape index (κ2) is 6.63. The lowest BCUT2D eigenvalue weighted by atomic mass is 9.97. The third kappa shape index (κ3) is 3.41. The largest absolute Gasteiger partial charge is 0.440 e. The van der Waals surface area contributed by atoms with E-state index >= 15 is 0 Å². The molecule has 1 aliphatic carbocycles. The summed E-state index contributed by atoms with van der Waals surface area (Å²) in [6.45, 7) is 6.03. The molecule has 0 aliphatic heterocycles. The first-order valence-corrected chi connectivity index (χ1v) is 10.1. The number of oxazole rings is 1. The molecule has 0 unspecified atom stereocenters. The molecule has 0 bridgehead atoms. The summed E-state index contributed by atoms with van der Waals surface area (Å²) in [7, 11) is 0. The standard InChI is InChI=1S/C22H21N5O4/c1-22(2,3)20-25-15-9-12(4-7-16(15)31-20)24-18(28)11-8-14-17(23-10-11)27(13-5-6-13)21(30)26-19(14)29/h4,7-10,13H,5-6H2,1-3H3,(H,24,28)(H,26,29,30). The van der Waals surface area contributed by atoms with E-state index in [1.165, 1.54) is 16.8 Å². The molecule has 4 aromatic rings. The summed E-state index contributed by atoms with van der Waals surface area (Å²) in [6, 6.07) is 6.72. The number of anilines is 1. The van der Waals surface area contributed by atoms with E-state index in [1.807, 2.05) is 20.8 Å². The molecule has 0 atom stereocenters. The summed E-state index contributed by atoms with van der Waals surface area (Å²) >= 11 is 0. The maximum Gasteiger partial charge on any atom is 0.330 e. The highest BCUT2D eigenvalue weighted by molar-refractivity contribution is 6.06. The molecule has 0 radical (unpaired) electrons. The van der Waals surface area contributed by atoms with Gasteiger partial charge in [0.2, 0.25) is 5.89 Å². The highest BCUT2D eigenvalue weighted by Crippen LogP contribution is 2.34. The molecule has 2 N–H and O–H groups in total. The Hall–Kier alpha value is -3.75. The summed E-state index contributed by atoms with van der Waals surface area (Å²) in [5, 5.41) is 3.01. The van der Waals surface area contributed by atoms with Gasteiger partial charge in [-0.3, -0.25) is 19.1 Å². The second-order valence-electron chi connectivity index (χ2n) is 8.86. The van der Waals surface area contributed by atoms with Crippen molar-refractivity contribution in [3.05, 3.63) is 62.8 Å². The summed E-state index contributed by atoms with van der Waals surface area (Å²) in [4.78, 5) is 48.3. The number of hydrogen-bond donors (Lipinski definition) is 2. The van der Waals surface area contributed by atoms with Crippen molar-refractivity contribution in [2.75, 3.05) is 5.32 Å². The number of carbonyl (C=O) groups excluding carboxylic acids is 1. The first-order chi connectivity index (χ1) is 14.7. The average molecular weight is 419 g/mol. The van der Waals surface area contributed by atoms with Crippen molar-refractivity contribution in [1.29, 1.82) is 0 Å².